The number of nitrogens with one attached hydrogen (secondary N) is 1. The molecular weight excluding hydrogens is 542 g/mol. The number of rotatable bonds is 8. The Hall–Kier alpha value is -3.57. The molecule has 2 fully saturated rings. The lowest BCUT2D eigenvalue weighted by molar-refractivity contribution is -0.141. The van der Waals surface area contributed by atoms with E-state index in [1.807, 2.05) is 62.4 Å². The molecule has 2 aromatic heterocycles. The number of aromatic nitrogens is 2. The average molecular weight is 580 g/mol. The van der Waals surface area contributed by atoms with Crippen LogP contribution in [0.15, 0.2) is 40.4 Å². The van der Waals surface area contributed by atoms with E-state index in [1.54, 1.807) is 17.4 Å². The van der Waals surface area contributed by atoms with Gasteiger partial charge in [-0.25, -0.2) is 4.98 Å². The van der Waals surface area contributed by atoms with Gasteiger partial charge in [-0.3, -0.25) is 14.4 Å². The topological polar surface area (TPSA) is 129 Å². The molecule has 10 nitrogen and oxygen atoms in total. The van der Waals surface area contributed by atoms with Gasteiger partial charge in [-0.15, -0.1) is 11.3 Å². The van der Waals surface area contributed by atoms with E-state index in [-0.39, 0.29) is 42.5 Å². The Morgan fingerprint density at radius 3 is 2.49 bits per heavy atom. The van der Waals surface area contributed by atoms with Crippen molar-refractivity contribution in [2.45, 2.75) is 71.1 Å². The number of anilines is 1. The van der Waals surface area contributed by atoms with Gasteiger partial charge >= 0.3 is 0 Å². The summed E-state index contributed by atoms with van der Waals surface area (Å²) in [6.45, 7) is 8.94. The van der Waals surface area contributed by atoms with Gasteiger partial charge in [-0.05, 0) is 30.9 Å². The van der Waals surface area contributed by atoms with Gasteiger partial charge in [0.2, 0.25) is 11.8 Å². The van der Waals surface area contributed by atoms with E-state index in [4.69, 9.17) is 4.52 Å². The summed E-state index contributed by atoms with van der Waals surface area (Å²) in [5.41, 5.74) is 4.83. The number of aryl methyl sites for hydroxylation is 1. The highest BCUT2D eigenvalue weighted by Gasteiger charge is 2.43. The second-order valence-corrected chi connectivity index (χ2v) is 12.2. The molecule has 1 aromatic carbocycles. The number of amides is 2. The molecule has 5 rings (SSSR count). The number of piperidine rings is 1. The third-order valence-electron chi connectivity index (χ3n) is 8.04. The Labute approximate surface area is 243 Å². The molecule has 2 amide bonds. The van der Waals surface area contributed by atoms with Crippen LogP contribution < -0.4 is 10.2 Å². The van der Waals surface area contributed by atoms with Crippen LogP contribution >= 0.6 is 11.3 Å². The number of aliphatic hydroxyl groups excluding tert-OH is 1. The van der Waals surface area contributed by atoms with Crippen molar-refractivity contribution in [3.63, 3.8) is 0 Å². The van der Waals surface area contributed by atoms with E-state index < -0.39 is 18.1 Å². The summed E-state index contributed by atoms with van der Waals surface area (Å²) in [4.78, 5) is 47.9. The number of β-amino-alcohol motifs (C(OH)–C–C–N with tert-alkyl or cyclic N) is 1. The minimum Gasteiger partial charge on any atom is -0.391 e. The fraction of sp³-hybridized carbons (Fsp3) is 0.500. The molecule has 2 N–H and O–H groups in total. The predicted octanol–water partition coefficient (Wildman–Crippen LogP) is 3.85. The molecule has 0 aliphatic carbocycles. The largest absolute Gasteiger partial charge is 0.391 e. The van der Waals surface area contributed by atoms with Crippen molar-refractivity contribution in [3.8, 4) is 10.4 Å². The number of ketones is 1. The van der Waals surface area contributed by atoms with Gasteiger partial charge in [-0.1, -0.05) is 43.3 Å². The maximum absolute atomic E-state index is 13.9. The lowest BCUT2D eigenvalue weighted by Gasteiger charge is -2.29. The van der Waals surface area contributed by atoms with Crippen molar-refractivity contribution in [2.24, 2.45) is 5.92 Å². The lowest BCUT2D eigenvalue weighted by Crippen LogP contribution is -2.48. The van der Waals surface area contributed by atoms with Crippen molar-refractivity contribution in [1.29, 1.82) is 0 Å². The summed E-state index contributed by atoms with van der Waals surface area (Å²) in [5.74, 6) is -0.118. The molecule has 2 aliphatic heterocycles. The van der Waals surface area contributed by atoms with Crippen molar-refractivity contribution < 1.29 is 24.0 Å². The van der Waals surface area contributed by atoms with E-state index in [9.17, 15) is 19.5 Å². The summed E-state index contributed by atoms with van der Waals surface area (Å²) >= 11 is 1.59. The minimum atomic E-state index is -0.796. The van der Waals surface area contributed by atoms with Crippen molar-refractivity contribution >= 4 is 34.8 Å². The smallest absolute Gasteiger partial charge is 0.243 e. The van der Waals surface area contributed by atoms with Crippen molar-refractivity contribution in [2.75, 3.05) is 24.5 Å². The average Bonchev–Trinajstić information content (AvgIpc) is 3.69. The third kappa shape index (κ3) is 6.20. The molecule has 0 spiro atoms. The van der Waals surface area contributed by atoms with Crippen LogP contribution in [0, 0.1) is 12.8 Å². The Morgan fingerprint density at radius 2 is 1.85 bits per heavy atom. The normalized spacial score (nSPS) is 20.9. The van der Waals surface area contributed by atoms with Crippen LogP contribution in [0.25, 0.3) is 10.4 Å². The molecule has 0 saturated carbocycles. The third-order valence-corrected chi connectivity index (χ3v) is 9.02. The first-order valence-electron chi connectivity index (χ1n) is 14.1. The number of likely N-dealkylation sites (tertiary alicyclic amines) is 1. The number of aliphatic hydroxyl groups is 1. The summed E-state index contributed by atoms with van der Waals surface area (Å²) in [6.07, 6.45) is 0.301. The van der Waals surface area contributed by atoms with Crippen LogP contribution in [-0.2, 0) is 14.4 Å². The Morgan fingerprint density at radius 1 is 1.15 bits per heavy atom. The summed E-state index contributed by atoms with van der Waals surface area (Å²) in [5, 5.41) is 17.7. The molecule has 4 atom stereocenters. The van der Waals surface area contributed by atoms with E-state index in [1.165, 1.54) is 4.90 Å². The van der Waals surface area contributed by atoms with Crippen LogP contribution in [0.2, 0.25) is 0 Å². The van der Waals surface area contributed by atoms with Crippen molar-refractivity contribution in [3.05, 3.63) is 52.9 Å². The fourth-order valence-corrected chi connectivity index (χ4v) is 6.49. The minimum absolute atomic E-state index is 0.0760. The standard InChI is InChI=1S/C30H37N5O5S/c1-17(2)27(25-14-26(33-40-25)34-11-9-22(36)10-12-34)30(39)35-15-23(37)13-24(35)29(38)32-18(3)20-5-7-21(8-6-20)28-19(4)31-16-41-28/h5-8,14,16-18,23-24,27,37H,9-13,15H2,1-4H3,(H,32,38)/t18-,23+,24-,27?/m0/s1. The number of Topliss-reactive ketones (excluding diaryl/α,β-unsaturated/α-hetero) is 1. The van der Waals surface area contributed by atoms with Gasteiger partial charge in [0.25, 0.3) is 0 Å². The van der Waals surface area contributed by atoms with Crippen LogP contribution in [-0.4, -0.2) is 69.5 Å². The van der Waals surface area contributed by atoms with Crippen LogP contribution in [0.1, 0.15) is 69.0 Å². The first-order valence-corrected chi connectivity index (χ1v) is 15.0. The quantitative estimate of drug-likeness (QED) is 0.412. The molecule has 3 aromatic rings. The molecule has 1 unspecified atom stereocenters. The number of carbonyl (C=O) groups is 3. The Balaban J connectivity index is 1.28. The van der Waals surface area contributed by atoms with Gasteiger partial charge < -0.3 is 24.7 Å². The lowest BCUT2D eigenvalue weighted by atomic mass is 9.91. The summed E-state index contributed by atoms with van der Waals surface area (Å²) in [6, 6.07) is 8.70. The number of hydrogen-bond donors (Lipinski definition) is 2. The molecule has 0 bridgehead atoms. The van der Waals surface area contributed by atoms with E-state index in [0.29, 0.717) is 37.5 Å². The molecule has 0 radical (unpaired) electrons. The maximum Gasteiger partial charge on any atom is 0.243 e. The van der Waals surface area contributed by atoms with Gasteiger partial charge in [0, 0.05) is 45.0 Å². The number of carbonyl (C=O) groups excluding carboxylic acids is 3. The van der Waals surface area contributed by atoms with Crippen molar-refractivity contribution in [1.82, 2.24) is 20.4 Å². The second kappa shape index (κ2) is 12.1. The maximum atomic E-state index is 13.9. The van der Waals surface area contributed by atoms with Gasteiger partial charge in [-0.2, -0.15) is 0 Å². The number of nitrogens with zero attached hydrogens (tertiary/aromatic N) is 4. The van der Waals surface area contributed by atoms with Gasteiger partial charge in [0.05, 0.1) is 28.2 Å². The second-order valence-electron chi connectivity index (χ2n) is 11.3. The molecule has 2 aliphatic rings. The first kappa shape index (κ1) is 28.9. The Bertz CT molecular complexity index is 1390. The van der Waals surface area contributed by atoms with Crippen LogP contribution in [0.4, 0.5) is 5.82 Å². The molecule has 4 heterocycles. The van der Waals surface area contributed by atoms with E-state index in [0.717, 1.165) is 21.7 Å². The molecule has 11 heteroatoms. The van der Waals surface area contributed by atoms with Crippen LogP contribution in [0.5, 0.6) is 0 Å². The number of thiazole rings is 1. The highest BCUT2D eigenvalue weighted by Crippen LogP contribution is 2.33. The van der Waals surface area contributed by atoms with E-state index >= 15 is 0 Å². The zero-order valence-corrected chi connectivity index (χ0v) is 24.7. The summed E-state index contributed by atoms with van der Waals surface area (Å²) < 4.78 is 5.65. The molecule has 218 valence electrons. The SMILES string of the molecule is Cc1ncsc1-c1ccc([C@H](C)NC(=O)[C@@H]2C[C@@H](O)CN2C(=O)C(c2cc(N3CCC(=O)CC3)no2)C(C)C)cc1. The summed E-state index contributed by atoms with van der Waals surface area (Å²) in [7, 11) is 0. The zero-order valence-electron chi connectivity index (χ0n) is 23.9. The highest BCUT2D eigenvalue weighted by molar-refractivity contribution is 7.13. The zero-order chi connectivity index (χ0) is 29.3. The van der Waals surface area contributed by atoms with Crippen LogP contribution in [0.3, 0.4) is 0 Å². The van der Waals surface area contributed by atoms with Gasteiger partial charge in [0.15, 0.2) is 11.6 Å². The van der Waals surface area contributed by atoms with E-state index in [2.05, 4.69) is 15.5 Å². The fourth-order valence-electron chi connectivity index (χ4n) is 5.68. The molecule has 2 saturated heterocycles. The van der Waals surface area contributed by atoms with Gasteiger partial charge in [0.1, 0.15) is 17.7 Å². The number of hydrogen-bond acceptors (Lipinski definition) is 9. The highest BCUT2D eigenvalue weighted by atomic mass is 32.1. The number of benzene rings is 1. The molecular formula is C30H37N5O5S. The molecule has 41 heavy (non-hydrogen) atoms. The monoisotopic (exact) mass is 579 g/mol. The Kier molecular flexibility index (Phi) is 8.55. The first-order chi connectivity index (χ1) is 19.6. The predicted molar refractivity (Wildman–Crippen MR) is 156 cm³/mol.